The second kappa shape index (κ2) is 6.32. The van der Waals surface area contributed by atoms with E-state index in [2.05, 4.69) is 0 Å². The number of alkyl halides is 2. The molecule has 1 fully saturated rings. The molecule has 0 spiro atoms. The highest BCUT2D eigenvalue weighted by molar-refractivity contribution is 5.85. The zero-order chi connectivity index (χ0) is 11.5. The summed E-state index contributed by atoms with van der Waals surface area (Å²) in [7, 11) is 0. The van der Waals surface area contributed by atoms with Crippen LogP contribution in [0, 0.1) is 5.41 Å². The molecule has 0 aromatic carbocycles. The molecule has 1 heterocycles. The van der Waals surface area contributed by atoms with Gasteiger partial charge in [-0.25, -0.2) is 14.6 Å². The van der Waals surface area contributed by atoms with Gasteiger partial charge in [-0.2, -0.15) is 0 Å². The van der Waals surface area contributed by atoms with Gasteiger partial charge in [-0.05, 0) is 6.42 Å². The highest BCUT2D eigenvalue weighted by Crippen LogP contribution is 2.31. The van der Waals surface area contributed by atoms with Crippen LogP contribution in [0.4, 0.5) is 8.78 Å². The Kier molecular flexibility index (Phi) is 6.14. The third-order valence-electron chi connectivity index (χ3n) is 2.50. The van der Waals surface area contributed by atoms with Gasteiger partial charge in [-0.3, -0.25) is 9.80 Å². The molecule has 1 saturated heterocycles. The first-order valence-electron chi connectivity index (χ1n) is 4.84. The molecule has 0 bridgehead atoms. The Labute approximate surface area is 99.5 Å². The van der Waals surface area contributed by atoms with Gasteiger partial charge in [0, 0.05) is 11.8 Å². The quantitative estimate of drug-likeness (QED) is 0.458. The first kappa shape index (κ1) is 15.5. The zero-order valence-electron chi connectivity index (χ0n) is 9.12. The number of hydrogen-bond donors (Lipinski definition) is 1. The van der Waals surface area contributed by atoms with Gasteiger partial charge in [0.25, 0.3) is 6.43 Å². The minimum atomic E-state index is -2.58. The van der Waals surface area contributed by atoms with E-state index in [-0.39, 0.29) is 24.2 Å². The molecule has 2 N–H and O–H groups in total. The topological polar surface area (TPSA) is 55.6 Å². The van der Waals surface area contributed by atoms with E-state index < -0.39 is 18.9 Å². The summed E-state index contributed by atoms with van der Waals surface area (Å²) in [5.74, 6) is 4.74. The van der Waals surface area contributed by atoms with Crippen LogP contribution in [0.3, 0.4) is 0 Å². The summed E-state index contributed by atoms with van der Waals surface area (Å²) in [5.41, 5.74) is 0.0152. The van der Waals surface area contributed by atoms with Crippen LogP contribution in [-0.4, -0.2) is 37.1 Å². The van der Waals surface area contributed by atoms with Crippen LogP contribution >= 0.6 is 12.4 Å². The Bertz CT molecular complexity index is 238. The lowest BCUT2D eigenvalue weighted by Crippen LogP contribution is -2.44. The number of ether oxygens (including phenoxy) is 1. The van der Waals surface area contributed by atoms with E-state index in [1.807, 2.05) is 6.92 Å². The highest BCUT2D eigenvalue weighted by Gasteiger charge is 2.33. The SMILES string of the molecule is CC1(CCC(=O)N(N)CC(F)F)COC1.Cl. The Morgan fingerprint density at radius 2 is 2.12 bits per heavy atom. The lowest BCUT2D eigenvalue weighted by molar-refractivity contribution is -0.138. The van der Waals surface area contributed by atoms with E-state index in [9.17, 15) is 13.6 Å². The third kappa shape index (κ3) is 4.59. The second-order valence-corrected chi connectivity index (χ2v) is 4.24. The van der Waals surface area contributed by atoms with Crippen LogP contribution in [0.2, 0.25) is 0 Å². The number of carbonyl (C=O) groups is 1. The van der Waals surface area contributed by atoms with E-state index in [1.54, 1.807) is 0 Å². The van der Waals surface area contributed by atoms with Crippen molar-refractivity contribution in [3.05, 3.63) is 0 Å². The van der Waals surface area contributed by atoms with Gasteiger partial charge in [-0.15, -0.1) is 12.4 Å². The minimum Gasteiger partial charge on any atom is -0.380 e. The number of nitrogens with two attached hydrogens (primary N) is 1. The van der Waals surface area contributed by atoms with Crippen LogP contribution < -0.4 is 5.84 Å². The Morgan fingerprint density at radius 3 is 2.50 bits per heavy atom. The fraction of sp³-hybridized carbons (Fsp3) is 0.889. The summed E-state index contributed by atoms with van der Waals surface area (Å²) in [5, 5.41) is 0.591. The number of nitrogens with zero attached hydrogens (tertiary/aromatic N) is 1. The first-order chi connectivity index (χ1) is 6.93. The van der Waals surface area contributed by atoms with Crippen LogP contribution in [0.15, 0.2) is 0 Å². The number of rotatable bonds is 5. The standard InChI is InChI=1S/C9H16F2N2O2.ClH/c1-9(5-15-6-9)3-2-8(14)13(12)4-7(10)11;/h7H,2-6,12H2,1H3;1H. The largest absolute Gasteiger partial charge is 0.380 e. The third-order valence-corrected chi connectivity index (χ3v) is 2.50. The van der Waals surface area contributed by atoms with Crippen molar-refractivity contribution in [3.63, 3.8) is 0 Å². The number of amides is 1. The van der Waals surface area contributed by atoms with Crippen molar-refractivity contribution >= 4 is 18.3 Å². The number of hydrogen-bond acceptors (Lipinski definition) is 3. The van der Waals surface area contributed by atoms with Gasteiger partial charge in [0.1, 0.15) is 0 Å². The molecule has 16 heavy (non-hydrogen) atoms. The molecular weight excluding hydrogens is 242 g/mol. The van der Waals surface area contributed by atoms with Crippen molar-refractivity contribution in [2.75, 3.05) is 19.8 Å². The van der Waals surface area contributed by atoms with Gasteiger partial charge < -0.3 is 4.74 Å². The van der Waals surface area contributed by atoms with E-state index in [1.165, 1.54) is 0 Å². The normalized spacial score (nSPS) is 17.6. The van der Waals surface area contributed by atoms with Gasteiger partial charge >= 0.3 is 0 Å². The van der Waals surface area contributed by atoms with E-state index >= 15 is 0 Å². The summed E-state index contributed by atoms with van der Waals surface area (Å²) in [6.07, 6.45) is -1.76. The van der Waals surface area contributed by atoms with Crippen LogP contribution in [0.1, 0.15) is 19.8 Å². The van der Waals surface area contributed by atoms with E-state index in [0.29, 0.717) is 24.6 Å². The molecule has 96 valence electrons. The first-order valence-corrected chi connectivity index (χ1v) is 4.84. The highest BCUT2D eigenvalue weighted by atomic mass is 35.5. The Hall–Kier alpha value is -0.460. The molecule has 0 saturated carbocycles. The molecule has 1 rings (SSSR count). The van der Waals surface area contributed by atoms with Crippen molar-refractivity contribution in [1.29, 1.82) is 0 Å². The molecule has 0 atom stereocenters. The summed E-state index contributed by atoms with van der Waals surface area (Å²) < 4.78 is 28.8. The zero-order valence-corrected chi connectivity index (χ0v) is 9.93. The van der Waals surface area contributed by atoms with Crippen LogP contribution in [-0.2, 0) is 9.53 Å². The Morgan fingerprint density at radius 1 is 1.56 bits per heavy atom. The maximum Gasteiger partial charge on any atom is 0.257 e. The monoisotopic (exact) mass is 258 g/mol. The Balaban J connectivity index is 0.00000225. The van der Waals surface area contributed by atoms with Crippen LogP contribution in [0.25, 0.3) is 0 Å². The maximum absolute atomic E-state index is 11.9. The van der Waals surface area contributed by atoms with Crippen molar-refractivity contribution in [1.82, 2.24) is 5.01 Å². The minimum absolute atomic E-state index is 0. The number of carbonyl (C=O) groups excluding carboxylic acids is 1. The van der Waals surface area contributed by atoms with Gasteiger partial charge in [-0.1, -0.05) is 6.92 Å². The fourth-order valence-corrected chi connectivity index (χ4v) is 1.40. The average molecular weight is 259 g/mol. The molecule has 7 heteroatoms. The van der Waals surface area contributed by atoms with Crippen molar-refractivity contribution in [2.45, 2.75) is 26.2 Å². The average Bonchev–Trinajstić information content (AvgIpc) is 2.10. The van der Waals surface area contributed by atoms with Crippen LogP contribution in [0.5, 0.6) is 0 Å². The lowest BCUT2D eigenvalue weighted by atomic mass is 9.83. The van der Waals surface area contributed by atoms with Gasteiger partial charge in [0.15, 0.2) is 0 Å². The predicted molar refractivity (Wildman–Crippen MR) is 57.3 cm³/mol. The molecule has 1 aliphatic heterocycles. The van der Waals surface area contributed by atoms with Crippen molar-refractivity contribution in [2.24, 2.45) is 11.3 Å². The number of hydrazine groups is 1. The summed E-state index contributed by atoms with van der Waals surface area (Å²) in [4.78, 5) is 11.3. The predicted octanol–water partition coefficient (Wildman–Crippen LogP) is 1.19. The molecule has 1 aliphatic rings. The van der Waals surface area contributed by atoms with Crippen molar-refractivity contribution < 1.29 is 18.3 Å². The molecule has 0 unspecified atom stereocenters. The van der Waals surface area contributed by atoms with Gasteiger partial charge in [0.2, 0.25) is 5.91 Å². The maximum atomic E-state index is 11.9. The van der Waals surface area contributed by atoms with E-state index in [0.717, 1.165) is 0 Å². The summed E-state index contributed by atoms with van der Waals surface area (Å²) in [6, 6.07) is 0. The molecule has 0 aromatic heterocycles. The van der Waals surface area contributed by atoms with Gasteiger partial charge in [0.05, 0.1) is 19.8 Å². The molecule has 0 aromatic rings. The molecule has 1 amide bonds. The number of halogens is 3. The smallest absolute Gasteiger partial charge is 0.257 e. The van der Waals surface area contributed by atoms with Crippen molar-refractivity contribution in [3.8, 4) is 0 Å². The molecular formula is C9H17ClF2N2O2. The lowest BCUT2D eigenvalue weighted by Gasteiger charge is -2.38. The fourth-order valence-electron chi connectivity index (χ4n) is 1.40. The van der Waals surface area contributed by atoms with E-state index in [4.69, 9.17) is 10.6 Å². The molecule has 0 radical (unpaired) electrons. The summed E-state index contributed by atoms with van der Waals surface area (Å²) >= 11 is 0. The summed E-state index contributed by atoms with van der Waals surface area (Å²) in [6.45, 7) is 2.54. The second-order valence-electron chi connectivity index (χ2n) is 4.24. The molecule has 4 nitrogen and oxygen atoms in total. The molecule has 0 aliphatic carbocycles.